The summed E-state index contributed by atoms with van der Waals surface area (Å²) < 4.78 is 13.4. The zero-order valence-electron chi connectivity index (χ0n) is 10.1. The van der Waals surface area contributed by atoms with Gasteiger partial charge in [0.25, 0.3) is 0 Å². The molecule has 0 aliphatic heterocycles. The second-order valence-corrected chi connectivity index (χ2v) is 3.74. The predicted molar refractivity (Wildman–Crippen MR) is 66.3 cm³/mol. The minimum absolute atomic E-state index is 0.127. The van der Waals surface area contributed by atoms with Gasteiger partial charge in [0.05, 0.1) is 12.1 Å². The van der Waals surface area contributed by atoms with Crippen LogP contribution < -0.4 is 16.4 Å². The van der Waals surface area contributed by atoms with Crippen molar-refractivity contribution >= 4 is 17.5 Å². The lowest BCUT2D eigenvalue weighted by molar-refractivity contribution is -0.125. The van der Waals surface area contributed by atoms with E-state index in [0.29, 0.717) is 6.54 Å². The summed E-state index contributed by atoms with van der Waals surface area (Å²) in [5.74, 6) is -1.52. The maximum atomic E-state index is 13.4. The number of nitrogens with one attached hydrogen (secondary N) is 2. The highest BCUT2D eigenvalue weighted by Crippen LogP contribution is 2.14. The fourth-order valence-electron chi connectivity index (χ4n) is 1.44. The summed E-state index contributed by atoms with van der Waals surface area (Å²) >= 11 is 0. The fraction of sp³-hybridized carbons (Fsp3) is 0.333. The summed E-state index contributed by atoms with van der Waals surface area (Å²) in [5, 5.41) is 5.18. The van der Waals surface area contributed by atoms with E-state index >= 15 is 0 Å². The number of para-hydroxylation sites is 1. The summed E-state index contributed by atoms with van der Waals surface area (Å²) in [6.07, 6.45) is -0.127. The van der Waals surface area contributed by atoms with Crippen LogP contribution in [-0.4, -0.2) is 24.4 Å². The van der Waals surface area contributed by atoms with Crippen molar-refractivity contribution in [2.75, 3.05) is 11.9 Å². The number of hydrogen-bond donors (Lipinski definition) is 3. The van der Waals surface area contributed by atoms with Crippen LogP contribution in [0.15, 0.2) is 24.3 Å². The largest absolute Gasteiger partial charge is 0.371 e. The molecule has 0 aliphatic carbocycles. The minimum Gasteiger partial charge on any atom is -0.371 e. The van der Waals surface area contributed by atoms with Gasteiger partial charge in [0.1, 0.15) is 11.9 Å². The number of nitrogens with two attached hydrogens (primary N) is 1. The Labute approximate surface area is 105 Å². The second-order valence-electron chi connectivity index (χ2n) is 3.74. The highest BCUT2D eigenvalue weighted by Gasteiger charge is 2.19. The molecule has 0 heterocycles. The molecule has 0 saturated heterocycles. The lowest BCUT2D eigenvalue weighted by Crippen LogP contribution is -2.40. The van der Waals surface area contributed by atoms with Crippen LogP contribution in [0.5, 0.6) is 0 Å². The fourth-order valence-corrected chi connectivity index (χ4v) is 1.44. The van der Waals surface area contributed by atoms with Crippen LogP contribution in [0.3, 0.4) is 0 Å². The van der Waals surface area contributed by atoms with E-state index in [2.05, 4.69) is 10.6 Å². The van der Waals surface area contributed by atoms with E-state index in [1.807, 2.05) is 0 Å². The number of hydrogen-bond acceptors (Lipinski definition) is 3. The molecule has 1 aromatic carbocycles. The Balaban J connectivity index is 2.72. The molecule has 1 atom stereocenters. The van der Waals surface area contributed by atoms with Crippen molar-refractivity contribution in [3.05, 3.63) is 30.1 Å². The third kappa shape index (κ3) is 4.04. The molecule has 0 aromatic heterocycles. The first-order valence-electron chi connectivity index (χ1n) is 5.61. The van der Waals surface area contributed by atoms with Crippen molar-refractivity contribution in [1.82, 2.24) is 5.32 Å². The van der Waals surface area contributed by atoms with Crippen LogP contribution in [0.4, 0.5) is 10.1 Å². The van der Waals surface area contributed by atoms with Crippen LogP contribution in [0, 0.1) is 5.82 Å². The van der Waals surface area contributed by atoms with Gasteiger partial charge in [-0.15, -0.1) is 0 Å². The van der Waals surface area contributed by atoms with E-state index < -0.39 is 17.8 Å². The van der Waals surface area contributed by atoms with E-state index in [9.17, 15) is 14.0 Å². The smallest absolute Gasteiger partial charge is 0.240 e. The summed E-state index contributed by atoms with van der Waals surface area (Å²) in [7, 11) is 0. The Hall–Kier alpha value is -2.11. The van der Waals surface area contributed by atoms with Crippen LogP contribution in [0.1, 0.15) is 13.3 Å². The topological polar surface area (TPSA) is 84.2 Å². The Morgan fingerprint density at radius 3 is 2.61 bits per heavy atom. The standard InChI is InChI=1S/C12H16FN3O2/c1-2-15-11(17)7-10(12(14)18)16-9-6-4-3-5-8(9)13/h3-6,10,16H,2,7H2,1H3,(H2,14,18)(H,15,17). The van der Waals surface area contributed by atoms with E-state index in [-0.39, 0.29) is 18.0 Å². The van der Waals surface area contributed by atoms with Crippen molar-refractivity contribution in [3.63, 3.8) is 0 Å². The lowest BCUT2D eigenvalue weighted by atomic mass is 10.1. The molecule has 4 N–H and O–H groups in total. The molecular weight excluding hydrogens is 237 g/mol. The molecule has 0 spiro atoms. The Morgan fingerprint density at radius 1 is 1.39 bits per heavy atom. The third-order valence-corrected chi connectivity index (χ3v) is 2.31. The number of carbonyl (C=O) groups excluding carboxylic acids is 2. The second kappa shape index (κ2) is 6.58. The third-order valence-electron chi connectivity index (χ3n) is 2.31. The molecule has 0 bridgehead atoms. The van der Waals surface area contributed by atoms with Crippen molar-refractivity contribution in [2.45, 2.75) is 19.4 Å². The number of benzene rings is 1. The number of carbonyl (C=O) groups is 2. The zero-order chi connectivity index (χ0) is 13.5. The van der Waals surface area contributed by atoms with Crippen molar-refractivity contribution in [1.29, 1.82) is 0 Å². The van der Waals surface area contributed by atoms with Gasteiger partial charge in [0.15, 0.2) is 0 Å². The van der Waals surface area contributed by atoms with Crippen LogP contribution in [-0.2, 0) is 9.59 Å². The van der Waals surface area contributed by atoms with Crippen molar-refractivity contribution in [2.24, 2.45) is 5.73 Å². The molecule has 98 valence electrons. The molecule has 2 amide bonds. The number of amides is 2. The Bertz CT molecular complexity index is 437. The molecule has 0 aliphatic rings. The molecule has 6 heteroatoms. The van der Waals surface area contributed by atoms with Gasteiger partial charge in [-0.25, -0.2) is 4.39 Å². The minimum atomic E-state index is -0.937. The van der Waals surface area contributed by atoms with E-state index in [1.54, 1.807) is 13.0 Å². The maximum absolute atomic E-state index is 13.4. The molecule has 0 saturated carbocycles. The van der Waals surface area contributed by atoms with E-state index in [4.69, 9.17) is 5.73 Å². The van der Waals surface area contributed by atoms with E-state index in [1.165, 1.54) is 18.2 Å². The van der Waals surface area contributed by atoms with Gasteiger partial charge in [0.2, 0.25) is 11.8 Å². The average Bonchev–Trinajstić information content (AvgIpc) is 2.31. The molecule has 5 nitrogen and oxygen atoms in total. The summed E-state index contributed by atoms with van der Waals surface area (Å²) in [4.78, 5) is 22.6. The van der Waals surface area contributed by atoms with Crippen molar-refractivity contribution < 1.29 is 14.0 Å². The number of primary amides is 1. The number of halogens is 1. The summed E-state index contributed by atoms with van der Waals surface area (Å²) in [6, 6.07) is 4.95. The maximum Gasteiger partial charge on any atom is 0.240 e. The average molecular weight is 253 g/mol. The molecule has 0 fully saturated rings. The number of rotatable bonds is 6. The van der Waals surface area contributed by atoms with Gasteiger partial charge in [-0.05, 0) is 19.1 Å². The van der Waals surface area contributed by atoms with Gasteiger partial charge >= 0.3 is 0 Å². The first-order chi connectivity index (χ1) is 8.54. The lowest BCUT2D eigenvalue weighted by Gasteiger charge is -2.16. The quantitative estimate of drug-likeness (QED) is 0.694. The SMILES string of the molecule is CCNC(=O)CC(Nc1ccccc1F)C(N)=O. The van der Waals surface area contributed by atoms with Crippen LogP contribution in [0.25, 0.3) is 0 Å². The predicted octanol–water partition coefficient (Wildman–Crippen LogP) is 0.618. The first kappa shape index (κ1) is 14.0. The van der Waals surface area contributed by atoms with E-state index in [0.717, 1.165) is 0 Å². The van der Waals surface area contributed by atoms with Crippen LogP contribution in [0.2, 0.25) is 0 Å². The van der Waals surface area contributed by atoms with Crippen LogP contribution >= 0.6 is 0 Å². The molecule has 1 unspecified atom stereocenters. The molecular formula is C12H16FN3O2. The molecule has 18 heavy (non-hydrogen) atoms. The molecule has 1 aromatic rings. The Kier molecular flexibility index (Phi) is 5.10. The van der Waals surface area contributed by atoms with Gasteiger partial charge in [-0.1, -0.05) is 12.1 Å². The highest BCUT2D eigenvalue weighted by molar-refractivity contribution is 5.89. The zero-order valence-corrected chi connectivity index (χ0v) is 10.1. The summed E-state index contributed by atoms with van der Waals surface area (Å²) in [6.45, 7) is 2.23. The summed E-state index contributed by atoms with van der Waals surface area (Å²) in [5.41, 5.74) is 5.32. The Morgan fingerprint density at radius 2 is 2.06 bits per heavy atom. The van der Waals surface area contributed by atoms with Crippen molar-refractivity contribution in [3.8, 4) is 0 Å². The first-order valence-corrected chi connectivity index (χ1v) is 5.61. The molecule has 0 radical (unpaired) electrons. The highest BCUT2D eigenvalue weighted by atomic mass is 19.1. The molecule has 1 rings (SSSR count). The van der Waals surface area contributed by atoms with Gasteiger partial charge in [0, 0.05) is 6.54 Å². The van der Waals surface area contributed by atoms with Gasteiger partial charge < -0.3 is 16.4 Å². The number of anilines is 1. The monoisotopic (exact) mass is 253 g/mol. The normalized spacial score (nSPS) is 11.7. The van der Waals surface area contributed by atoms with Gasteiger partial charge in [-0.3, -0.25) is 9.59 Å². The van der Waals surface area contributed by atoms with Gasteiger partial charge in [-0.2, -0.15) is 0 Å².